The van der Waals surface area contributed by atoms with Gasteiger partial charge in [0, 0.05) is 0 Å². The summed E-state index contributed by atoms with van der Waals surface area (Å²) in [5.41, 5.74) is 13.3. The molecule has 0 unspecified atom stereocenters. The third-order valence-corrected chi connectivity index (χ3v) is 9.40. The molecular formula is C48H42BCl2N2O2Zr. The van der Waals surface area contributed by atoms with Gasteiger partial charge in [0.05, 0.1) is 0 Å². The number of carbonyl (C=O) groups excluding carboxylic acids is 2. The predicted molar refractivity (Wildman–Crippen MR) is 235 cm³/mol. The van der Waals surface area contributed by atoms with Crippen molar-refractivity contribution >= 4 is 58.9 Å². The number of rotatable bonds is 10. The van der Waals surface area contributed by atoms with Gasteiger partial charge in [0.15, 0.2) is 12.8 Å². The number of aryl methyl sites for hydroxylation is 2. The molecule has 1 radical (unpaired) electrons. The molecule has 8 aromatic rings. The normalized spacial score (nSPS) is 10.0. The zero-order chi connectivity index (χ0) is 39.5. The van der Waals surface area contributed by atoms with E-state index < -0.39 is 20.8 Å². The van der Waals surface area contributed by atoms with Crippen molar-refractivity contribution in [1.82, 2.24) is 10.5 Å². The molecule has 0 aliphatic rings. The van der Waals surface area contributed by atoms with Crippen LogP contribution in [0.5, 0.6) is 0 Å². The molecule has 56 heavy (non-hydrogen) atoms. The quantitative estimate of drug-likeness (QED) is 0.0623. The topological polar surface area (TPSA) is 58.2 Å². The molecule has 0 saturated heterocycles. The van der Waals surface area contributed by atoms with Crippen LogP contribution in [0.3, 0.4) is 0 Å². The Morgan fingerprint density at radius 2 is 0.875 bits per heavy atom. The molecule has 0 spiro atoms. The maximum atomic E-state index is 9.38. The summed E-state index contributed by atoms with van der Waals surface area (Å²) in [7, 11) is 11.0. The standard InChI is InChI=1S/2C23H19.C2H4BN2O2.2ClH.Zr/c2*1-2-17-9-6-7-13-21(17)22-14-8-12-19-15-20(16-23(19)22)18-10-4-3-5-11-18;6-1-4-3-5-2-7;;;/h2*3-16H,2H2,1H3;1-2H,(H,4,6)(H,5,7);2*1H;/q2*-1;;;;+4/p-2. The van der Waals surface area contributed by atoms with Crippen LogP contribution in [0.2, 0.25) is 0 Å². The molecule has 0 atom stereocenters. The monoisotopic (exact) mass is 849 g/mol. The number of amides is 2. The molecule has 0 aromatic heterocycles. The van der Waals surface area contributed by atoms with E-state index >= 15 is 0 Å². The van der Waals surface area contributed by atoms with Crippen LogP contribution in [-0.2, 0) is 43.3 Å². The second-order valence-electron chi connectivity index (χ2n) is 12.6. The Hall–Kier alpha value is -4.99. The molecule has 2 amide bonds. The summed E-state index contributed by atoms with van der Waals surface area (Å²) in [5.74, 6) is 0. The third kappa shape index (κ3) is 11.1. The second-order valence-corrected chi connectivity index (χ2v) is 16.4. The number of fused-ring (bicyclic) bond motifs is 2. The molecule has 277 valence electrons. The summed E-state index contributed by atoms with van der Waals surface area (Å²) in [6.45, 7) is 4.44. The summed E-state index contributed by atoms with van der Waals surface area (Å²) in [4.78, 5) is 18.8. The molecule has 0 heterocycles. The van der Waals surface area contributed by atoms with Gasteiger partial charge in [0.25, 0.3) is 0 Å². The first-order valence-electron chi connectivity index (χ1n) is 18.4. The summed E-state index contributed by atoms with van der Waals surface area (Å²) < 4.78 is 0. The van der Waals surface area contributed by atoms with Gasteiger partial charge in [0.2, 0.25) is 0 Å². The van der Waals surface area contributed by atoms with E-state index in [1.54, 1.807) is 0 Å². The number of nitrogens with one attached hydrogen (secondary N) is 2. The van der Waals surface area contributed by atoms with Crippen molar-refractivity contribution in [2.24, 2.45) is 0 Å². The zero-order valence-corrected chi connectivity index (χ0v) is 35.4. The summed E-state index contributed by atoms with van der Waals surface area (Å²) in [6.07, 6.45) is 3.02. The van der Waals surface area contributed by atoms with Crippen LogP contribution in [0.1, 0.15) is 25.0 Å². The van der Waals surface area contributed by atoms with Crippen molar-refractivity contribution in [3.8, 4) is 44.5 Å². The van der Waals surface area contributed by atoms with Gasteiger partial charge in [0.1, 0.15) is 0 Å². The second kappa shape index (κ2) is 22.5. The van der Waals surface area contributed by atoms with Gasteiger partial charge >= 0.3 is 45.4 Å². The molecule has 0 fully saturated rings. The Balaban J connectivity index is 0.000000174. The fraction of sp³-hybridized carbons (Fsp3) is 0.0833. The predicted octanol–water partition coefficient (Wildman–Crippen LogP) is 12.3. The van der Waals surface area contributed by atoms with Gasteiger partial charge in [-0.1, -0.05) is 170 Å². The van der Waals surface area contributed by atoms with Crippen LogP contribution in [0.4, 0.5) is 0 Å². The van der Waals surface area contributed by atoms with Gasteiger partial charge in [-0.15, -0.1) is 69.1 Å². The van der Waals surface area contributed by atoms with Crippen molar-refractivity contribution in [3.63, 3.8) is 0 Å². The van der Waals surface area contributed by atoms with Crippen molar-refractivity contribution < 1.29 is 30.4 Å². The van der Waals surface area contributed by atoms with E-state index in [0.717, 1.165) is 20.4 Å². The minimum atomic E-state index is -0.826. The molecule has 8 rings (SSSR count). The molecule has 0 saturated carbocycles. The van der Waals surface area contributed by atoms with Crippen LogP contribution in [0, 0.1) is 0 Å². The van der Waals surface area contributed by atoms with Crippen LogP contribution in [0.15, 0.2) is 170 Å². The van der Waals surface area contributed by atoms with Crippen molar-refractivity contribution in [3.05, 3.63) is 181 Å². The first kappa shape index (κ1) is 42.2. The van der Waals surface area contributed by atoms with Gasteiger partial charge in [-0.3, -0.25) is 9.59 Å². The van der Waals surface area contributed by atoms with E-state index in [4.69, 9.17) is 17.0 Å². The SMILES string of the molecule is CCc1ccccc1-c1cccc2[cH-]c(-c3ccccc3)cc12.CCc1ccccc1-c1cccc2[cH-]c(-c3ccccc3)cc12.O=CN[B]NC=O.[Cl][Zr+2][Cl]. The van der Waals surface area contributed by atoms with Gasteiger partial charge < -0.3 is 10.5 Å². The summed E-state index contributed by atoms with van der Waals surface area (Å²) in [5, 5.41) is 9.51. The average molecular weight is 852 g/mol. The van der Waals surface area contributed by atoms with Gasteiger partial charge in [-0.2, -0.15) is 0 Å². The minimum absolute atomic E-state index is 0.455. The Morgan fingerprint density at radius 3 is 1.25 bits per heavy atom. The molecule has 8 aromatic carbocycles. The zero-order valence-electron chi connectivity index (χ0n) is 31.4. The Bertz CT molecular complexity index is 2260. The Kier molecular flexibility index (Phi) is 17.0. The Morgan fingerprint density at radius 1 is 0.518 bits per heavy atom. The first-order chi connectivity index (χ1) is 27.6. The number of halogens is 2. The van der Waals surface area contributed by atoms with E-state index in [2.05, 4.69) is 194 Å². The van der Waals surface area contributed by atoms with E-state index in [1.807, 2.05) is 0 Å². The van der Waals surface area contributed by atoms with E-state index in [9.17, 15) is 9.59 Å². The Labute approximate surface area is 349 Å². The van der Waals surface area contributed by atoms with Crippen LogP contribution >= 0.6 is 17.0 Å². The van der Waals surface area contributed by atoms with Crippen LogP contribution in [-0.4, -0.2) is 20.4 Å². The fourth-order valence-electron chi connectivity index (χ4n) is 6.83. The summed E-state index contributed by atoms with van der Waals surface area (Å²) >= 11 is -0.826. The van der Waals surface area contributed by atoms with E-state index in [0.29, 0.717) is 12.8 Å². The molecule has 2 N–H and O–H groups in total. The molecule has 0 aliphatic heterocycles. The van der Waals surface area contributed by atoms with Crippen LogP contribution < -0.4 is 10.5 Å². The number of hydrogen-bond acceptors (Lipinski definition) is 2. The van der Waals surface area contributed by atoms with Crippen molar-refractivity contribution in [1.29, 1.82) is 0 Å². The number of hydrogen-bond donors (Lipinski definition) is 2. The fourth-order valence-corrected chi connectivity index (χ4v) is 6.83. The van der Waals surface area contributed by atoms with E-state index in [-0.39, 0.29) is 0 Å². The van der Waals surface area contributed by atoms with Crippen molar-refractivity contribution in [2.45, 2.75) is 26.7 Å². The van der Waals surface area contributed by atoms with E-state index in [1.165, 1.54) is 77.2 Å². The maximum absolute atomic E-state index is 9.38. The van der Waals surface area contributed by atoms with Crippen LogP contribution in [0.25, 0.3) is 66.1 Å². The van der Waals surface area contributed by atoms with Gasteiger partial charge in [-0.05, 0) is 35.1 Å². The third-order valence-electron chi connectivity index (χ3n) is 9.40. The molecule has 0 bridgehead atoms. The van der Waals surface area contributed by atoms with Gasteiger partial charge in [-0.25, -0.2) is 0 Å². The molecule has 0 aliphatic carbocycles. The number of carbonyl (C=O) groups is 2. The molecule has 8 heteroatoms. The summed E-state index contributed by atoms with van der Waals surface area (Å²) in [6, 6.07) is 61.2. The average Bonchev–Trinajstić information content (AvgIpc) is 3.91. The number of benzene rings is 6. The first-order valence-corrected chi connectivity index (χ1v) is 24.7. The molecular weight excluding hydrogens is 809 g/mol. The van der Waals surface area contributed by atoms with Crippen molar-refractivity contribution in [2.75, 3.05) is 0 Å². The molecule has 4 nitrogen and oxygen atoms in total.